The smallest absolute Gasteiger partial charge is 0.407 e. The minimum Gasteiger partial charge on any atom is -0.493 e. The second-order valence-corrected chi connectivity index (χ2v) is 7.51. The lowest BCUT2D eigenvalue weighted by molar-refractivity contribution is 0.159. The third-order valence-electron chi connectivity index (χ3n) is 5.78. The van der Waals surface area contributed by atoms with Gasteiger partial charge in [-0.3, -0.25) is 0 Å². The summed E-state index contributed by atoms with van der Waals surface area (Å²) >= 11 is 0. The Kier molecular flexibility index (Phi) is 6.10. The number of hydrogen-bond acceptors (Lipinski definition) is 5. The first-order valence-electron chi connectivity index (χ1n) is 9.71. The van der Waals surface area contributed by atoms with Crippen LogP contribution < -0.4 is 14.8 Å². The Hall–Kier alpha value is -2.42. The Morgan fingerprint density at radius 1 is 1.19 bits per heavy atom. The van der Waals surface area contributed by atoms with E-state index in [0.29, 0.717) is 17.9 Å². The van der Waals surface area contributed by atoms with E-state index in [1.165, 1.54) is 20.0 Å². The molecule has 27 heavy (non-hydrogen) atoms. The molecule has 0 spiro atoms. The predicted molar refractivity (Wildman–Crippen MR) is 101 cm³/mol. The molecule has 0 saturated heterocycles. The topological polar surface area (TPSA) is 80.6 Å². The van der Waals surface area contributed by atoms with Crippen molar-refractivity contribution in [1.82, 2.24) is 5.32 Å². The lowest BCUT2D eigenvalue weighted by Gasteiger charge is -2.36. The normalized spacial score (nSPS) is 25.4. The van der Waals surface area contributed by atoms with Gasteiger partial charge in [0.05, 0.1) is 31.8 Å². The summed E-state index contributed by atoms with van der Waals surface area (Å²) in [5, 5.41) is 12.9. The van der Waals surface area contributed by atoms with Crippen molar-refractivity contribution in [2.45, 2.75) is 68.9 Å². The highest BCUT2D eigenvalue weighted by atomic mass is 16.5. The van der Waals surface area contributed by atoms with Gasteiger partial charge in [0.1, 0.15) is 0 Å². The number of ether oxygens (including phenoxy) is 3. The van der Waals surface area contributed by atoms with Crippen LogP contribution in [0.3, 0.4) is 0 Å². The highest BCUT2D eigenvalue weighted by molar-refractivity contribution is 5.67. The van der Waals surface area contributed by atoms with E-state index in [1.807, 2.05) is 18.2 Å². The zero-order valence-corrected chi connectivity index (χ0v) is 16.1. The summed E-state index contributed by atoms with van der Waals surface area (Å²) in [5.74, 6) is 1.40. The van der Waals surface area contributed by atoms with E-state index in [9.17, 15) is 10.1 Å². The Balaban J connectivity index is 1.85. The van der Waals surface area contributed by atoms with Crippen LogP contribution in [0.25, 0.3) is 0 Å². The van der Waals surface area contributed by atoms with Crippen molar-refractivity contribution < 1.29 is 19.0 Å². The van der Waals surface area contributed by atoms with Crippen molar-refractivity contribution in [2.75, 3.05) is 14.2 Å². The van der Waals surface area contributed by atoms with Crippen LogP contribution in [0.1, 0.15) is 56.9 Å². The lowest BCUT2D eigenvalue weighted by Crippen LogP contribution is -2.43. The van der Waals surface area contributed by atoms with Crippen LogP contribution in [0.2, 0.25) is 0 Å². The van der Waals surface area contributed by atoms with E-state index in [-0.39, 0.29) is 12.1 Å². The van der Waals surface area contributed by atoms with Crippen LogP contribution >= 0.6 is 0 Å². The molecule has 0 unspecified atom stereocenters. The molecule has 6 heteroatoms. The first-order valence-corrected chi connectivity index (χ1v) is 9.71. The van der Waals surface area contributed by atoms with Crippen LogP contribution in [0, 0.1) is 11.3 Å². The Morgan fingerprint density at radius 2 is 1.96 bits per heavy atom. The second-order valence-electron chi connectivity index (χ2n) is 7.51. The second kappa shape index (κ2) is 8.51. The maximum atomic E-state index is 11.6. The van der Waals surface area contributed by atoms with Crippen molar-refractivity contribution in [3.05, 3.63) is 23.8 Å². The van der Waals surface area contributed by atoms with Crippen LogP contribution in [0.5, 0.6) is 11.5 Å². The van der Waals surface area contributed by atoms with E-state index < -0.39 is 11.5 Å². The molecule has 0 aromatic heterocycles. The highest BCUT2D eigenvalue weighted by Crippen LogP contribution is 2.42. The van der Waals surface area contributed by atoms with Crippen molar-refractivity contribution in [3.63, 3.8) is 0 Å². The molecule has 2 fully saturated rings. The summed E-state index contributed by atoms with van der Waals surface area (Å²) in [6, 6.07) is 8.24. The number of alkyl carbamates (subject to hydrolysis) is 1. The van der Waals surface area contributed by atoms with E-state index in [0.717, 1.165) is 37.7 Å². The van der Waals surface area contributed by atoms with Crippen molar-refractivity contribution >= 4 is 6.09 Å². The summed E-state index contributed by atoms with van der Waals surface area (Å²) in [6.45, 7) is 0. The van der Waals surface area contributed by atoms with Gasteiger partial charge in [0, 0.05) is 6.04 Å². The summed E-state index contributed by atoms with van der Waals surface area (Å²) in [4.78, 5) is 11.6. The molecule has 146 valence electrons. The number of amides is 1. The van der Waals surface area contributed by atoms with Crippen LogP contribution in [0.4, 0.5) is 4.79 Å². The molecule has 1 amide bonds. The minimum absolute atomic E-state index is 0.0767. The van der Waals surface area contributed by atoms with Crippen LogP contribution in [-0.2, 0) is 10.2 Å². The zero-order chi connectivity index (χ0) is 19.3. The van der Waals surface area contributed by atoms with Gasteiger partial charge in [-0.05, 0) is 69.1 Å². The molecular formula is C21H28N2O4. The Morgan fingerprint density at radius 3 is 2.63 bits per heavy atom. The van der Waals surface area contributed by atoms with Crippen molar-refractivity contribution in [2.24, 2.45) is 0 Å². The number of rotatable bonds is 5. The van der Waals surface area contributed by atoms with Gasteiger partial charge in [0.2, 0.25) is 0 Å². The molecule has 1 aromatic rings. The largest absolute Gasteiger partial charge is 0.493 e. The van der Waals surface area contributed by atoms with Gasteiger partial charge in [-0.25, -0.2) is 4.79 Å². The molecule has 6 nitrogen and oxygen atoms in total. The number of nitriles is 1. The van der Waals surface area contributed by atoms with E-state index >= 15 is 0 Å². The number of carbonyl (C=O) groups is 1. The monoisotopic (exact) mass is 372 g/mol. The maximum absolute atomic E-state index is 11.6. The average Bonchev–Trinajstić information content (AvgIpc) is 3.21. The number of carbonyl (C=O) groups excluding carboxylic acids is 1. The summed E-state index contributed by atoms with van der Waals surface area (Å²) < 4.78 is 16.4. The third-order valence-corrected chi connectivity index (χ3v) is 5.78. The summed E-state index contributed by atoms with van der Waals surface area (Å²) in [6.07, 6.45) is 7.30. The fourth-order valence-electron chi connectivity index (χ4n) is 4.30. The van der Waals surface area contributed by atoms with Gasteiger partial charge in [-0.1, -0.05) is 6.07 Å². The molecule has 0 aliphatic heterocycles. The van der Waals surface area contributed by atoms with Crippen LogP contribution in [0.15, 0.2) is 18.2 Å². The lowest BCUT2D eigenvalue weighted by atomic mass is 9.68. The highest BCUT2D eigenvalue weighted by Gasteiger charge is 2.39. The first kappa shape index (κ1) is 19.3. The molecule has 2 saturated carbocycles. The van der Waals surface area contributed by atoms with Gasteiger partial charge >= 0.3 is 6.09 Å². The molecule has 2 atom stereocenters. The number of benzene rings is 1. The Labute approximate surface area is 160 Å². The maximum Gasteiger partial charge on any atom is 0.407 e. The summed E-state index contributed by atoms with van der Waals surface area (Å²) in [5.41, 5.74) is 0.277. The van der Waals surface area contributed by atoms with Gasteiger partial charge in [0.15, 0.2) is 11.5 Å². The minimum atomic E-state index is -0.649. The fourth-order valence-corrected chi connectivity index (χ4v) is 4.30. The predicted octanol–water partition coefficient (Wildman–Crippen LogP) is 4.08. The van der Waals surface area contributed by atoms with Crippen molar-refractivity contribution in [1.29, 1.82) is 5.26 Å². The summed E-state index contributed by atoms with van der Waals surface area (Å²) in [7, 11) is 2.99. The molecule has 0 heterocycles. The van der Waals surface area contributed by atoms with Crippen LogP contribution in [-0.4, -0.2) is 32.5 Å². The zero-order valence-electron chi connectivity index (χ0n) is 16.1. The molecule has 2 aliphatic rings. The SMILES string of the molecule is COC(=O)N[C@@H]1CCC[C@](C#N)(c2ccc(OC)c(OC3CCCC3)c2)C1. The average molecular weight is 372 g/mol. The number of hydrogen-bond donors (Lipinski definition) is 1. The molecule has 0 bridgehead atoms. The quantitative estimate of drug-likeness (QED) is 0.842. The van der Waals surface area contributed by atoms with Gasteiger partial charge in [-0.2, -0.15) is 5.26 Å². The molecule has 0 radical (unpaired) electrons. The van der Waals surface area contributed by atoms with E-state index in [1.54, 1.807) is 7.11 Å². The number of nitrogens with zero attached hydrogens (tertiary/aromatic N) is 1. The molecule has 1 aromatic carbocycles. The Bertz CT molecular complexity index is 709. The molecular weight excluding hydrogens is 344 g/mol. The van der Waals surface area contributed by atoms with E-state index in [2.05, 4.69) is 11.4 Å². The third kappa shape index (κ3) is 4.29. The van der Waals surface area contributed by atoms with Gasteiger partial charge < -0.3 is 19.5 Å². The molecule has 2 aliphatic carbocycles. The molecule has 1 N–H and O–H groups in total. The van der Waals surface area contributed by atoms with Crippen molar-refractivity contribution in [3.8, 4) is 17.6 Å². The standard InChI is InChI=1S/C21H28N2O4/c1-25-18-10-9-15(12-19(18)27-17-7-3-4-8-17)21(14-22)11-5-6-16(13-21)23-20(24)26-2/h9-10,12,16-17H,3-8,11,13H2,1-2H3,(H,23,24)/t16-,21+/m1/s1. The number of nitrogens with one attached hydrogen (secondary N) is 1. The number of methoxy groups -OCH3 is 2. The fraction of sp³-hybridized carbons (Fsp3) is 0.619. The van der Waals surface area contributed by atoms with E-state index in [4.69, 9.17) is 14.2 Å². The van der Waals surface area contributed by atoms with Gasteiger partial charge in [0.25, 0.3) is 0 Å². The molecule has 3 rings (SSSR count). The first-order chi connectivity index (χ1) is 13.1. The van der Waals surface area contributed by atoms with Gasteiger partial charge in [-0.15, -0.1) is 0 Å².